The van der Waals surface area contributed by atoms with Crippen LogP contribution in [-0.4, -0.2) is 22.5 Å². The lowest BCUT2D eigenvalue weighted by Crippen LogP contribution is -2.41. The molecule has 1 unspecified atom stereocenters. The fraction of sp³-hybridized carbons (Fsp3) is 0.438. The maximum Gasteiger partial charge on any atom is 0.181 e. The zero-order valence-electron chi connectivity index (χ0n) is 11.9. The van der Waals surface area contributed by atoms with Crippen LogP contribution in [0.3, 0.4) is 0 Å². The first-order chi connectivity index (χ1) is 9.65. The highest BCUT2D eigenvalue weighted by Gasteiger charge is 2.32. The van der Waals surface area contributed by atoms with E-state index in [1.807, 2.05) is 11.8 Å². The van der Waals surface area contributed by atoms with Crippen LogP contribution in [0.5, 0.6) is 0 Å². The van der Waals surface area contributed by atoms with Gasteiger partial charge >= 0.3 is 0 Å². The Morgan fingerprint density at radius 2 is 2.10 bits per heavy atom. The summed E-state index contributed by atoms with van der Waals surface area (Å²) < 4.78 is 5.31. The van der Waals surface area contributed by atoms with Crippen molar-refractivity contribution in [2.45, 2.75) is 26.3 Å². The molecular weight excluding hydrogens is 268 g/mol. The van der Waals surface area contributed by atoms with E-state index >= 15 is 0 Å². The molecule has 106 valence electrons. The number of benzene rings is 1. The van der Waals surface area contributed by atoms with Crippen LogP contribution in [0, 0.1) is 5.41 Å². The van der Waals surface area contributed by atoms with E-state index in [1.165, 1.54) is 30.0 Å². The minimum absolute atomic E-state index is 0.356. The number of aromatic nitrogens is 1. The first-order valence-corrected chi connectivity index (χ1v) is 8.14. The predicted octanol–water partition coefficient (Wildman–Crippen LogP) is 4.29. The Morgan fingerprint density at radius 1 is 1.30 bits per heavy atom. The highest BCUT2D eigenvalue weighted by atomic mass is 32.2. The standard InChI is InChI=1S/C16H20N2OS/c1-16(2)7-8-20-10-15(16)18-13-5-3-12(4-6-13)14-9-17-11-19-14/h3-6,9,11,15,18H,7-8,10H2,1-2H3. The average Bonchev–Trinajstić information content (AvgIpc) is 2.96. The molecule has 0 radical (unpaired) electrons. The van der Waals surface area contributed by atoms with Crippen LogP contribution in [0.25, 0.3) is 11.3 Å². The molecule has 0 amide bonds. The minimum Gasteiger partial charge on any atom is -0.444 e. The molecular formula is C16H20N2OS. The number of nitrogens with one attached hydrogen (secondary N) is 1. The third-order valence-corrected chi connectivity index (χ3v) is 5.12. The van der Waals surface area contributed by atoms with Gasteiger partial charge < -0.3 is 9.73 Å². The van der Waals surface area contributed by atoms with E-state index in [4.69, 9.17) is 4.42 Å². The van der Waals surface area contributed by atoms with Gasteiger partial charge in [-0.1, -0.05) is 13.8 Å². The Balaban J connectivity index is 1.72. The third kappa shape index (κ3) is 2.85. The second-order valence-electron chi connectivity index (χ2n) is 5.95. The smallest absolute Gasteiger partial charge is 0.181 e. The van der Waals surface area contributed by atoms with Crippen molar-refractivity contribution in [3.63, 3.8) is 0 Å². The number of hydrogen-bond acceptors (Lipinski definition) is 4. The molecule has 0 bridgehead atoms. The van der Waals surface area contributed by atoms with Crippen molar-refractivity contribution in [2.75, 3.05) is 16.8 Å². The van der Waals surface area contributed by atoms with Crippen molar-refractivity contribution < 1.29 is 4.42 Å². The first-order valence-electron chi connectivity index (χ1n) is 6.98. The molecule has 3 nitrogen and oxygen atoms in total. The molecule has 0 aliphatic carbocycles. The molecule has 2 heterocycles. The van der Waals surface area contributed by atoms with Crippen molar-refractivity contribution >= 4 is 17.4 Å². The van der Waals surface area contributed by atoms with Crippen molar-refractivity contribution in [1.29, 1.82) is 0 Å². The molecule has 1 aromatic carbocycles. The van der Waals surface area contributed by atoms with E-state index in [-0.39, 0.29) is 0 Å². The van der Waals surface area contributed by atoms with Gasteiger partial charge in [-0.2, -0.15) is 11.8 Å². The van der Waals surface area contributed by atoms with E-state index in [9.17, 15) is 0 Å². The number of anilines is 1. The van der Waals surface area contributed by atoms with Gasteiger partial charge in [0.05, 0.1) is 6.20 Å². The molecule has 1 aromatic heterocycles. The first kappa shape index (κ1) is 13.6. The molecule has 3 rings (SSSR count). The summed E-state index contributed by atoms with van der Waals surface area (Å²) >= 11 is 2.04. The molecule has 1 fully saturated rings. The minimum atomic E-state index is 0.356. The summed E-state index contributed by atoms with van der Waals surface area (Å²) in [6.07, 6.45) is 4.47. The van der Waals surface area contributed by atoms with Crippen LogP contribution in [0.4, 0.5) is 5.69 Å². The van der Waals surface area contributed by atoms with Crippen molar-refractivity contribution in [3.05, 3.63) is 36.9 Å². The number of oxazole rings is 1. The Kier molecular flexibility index (Phi) is 3.74. The lowest BCUT2D eigenvalue weighted by atomic mass is 9.82. The van der Waals surface area contributed by atoms with Gasteiger partial charge in [0.15, 0.2) is 12.2 Å². The molecule has 1 aliphatic rings. The maximum atomic E-state index is 5.31. The summed E-state index contributed by atoms with van der Waals surface area (Å²) in [4.78, 5) is 3.95. The Hall–Kier alpha value is -1.42. The number of nitrogens with zero attached hydrogens (tertiary/aromatic N) is 1. The molecule has 1 aliphatic heterocycles. The summed E-state index contributed by atoms with van der Waals surface area (Å²) in [5, 5.41) is 3.68. The van der Waals surface area contributed by atoms with Crippen LogP contribution in [-0.2, 0) is 0 Å². The van der Waals surface area contributed by atoms with Crippen molar-refractivity contribution in [1.82, 2.24) is 4.98 Å². The van der Waals surface area contributed by atoms with Gasteiger partial charge in [-0.05, 0) is 41.9 Å². The summed E-state index contributed by atoms with van der Waals surface area (Å²) in [6.45, 7) is 4.71. The second-order valence-corrected chi connectivity index (χ2v) is 7.10. The molecule has 20 heavy (non-hydrogen) atoms. The molecule has 1 saturated heterocycles. The SMILES string of the molecule is CC1(C)CCSCC1Nc1ccc(-c2cnco2)cc1. The Morgan fingerprint density at radius 3 is 2.75 bits per heavy atom. The highest BCUT2D eigenvalue weighted by Crippen LogP contribution is 2.36. The third-order valence-electron chi connectivity index (χ3n) is 4.06. The zero-order chi connectivity index (χ0) is 14.0. The lowest BCUT2D eigenvalue weighted by molar-refractivity contribution is 0.305. The monoisotopic (exact) mass is 288 g/mol. The van der Waals surface area contributed by atoms with Gasteiger partial charge in [-0.3, -0.25) is 0 Å². The van der Waals surface area contributed by atoms with Gasteiger partial charge in [0.1, 0.15) is 0 Å². The number of hydrogen-bond donors (Lipinski definition) is 1. The summed E-state index contributed by atoms with van der Waals surface area (Å²) in [6, 6.07) is 8.91. The van der Waals surface area contributed by atoms with Crippen LogP contribution < -0.4 is 5.32 Å². The molecule has 0 saturated carbocycles. The van der Waals surface area contributed by atoms with Gasteiger partial charge in [-0.15, -0.1) is 0 Å². The largest absolute Gasteiger partial charge is 0.444 e. The Bertz CT molecular complexity index is 548. The van der Waals surface area contributed by atoms with Crippen LogP contribution >= 0.6 is 11.8 Å². The topological polar surface area (TPSA) is 38.1 Å². The molecule has 1 N–H and O–H groups in total. The van der Waals surface area contributed by atoms with Gasteiger partial charge in [0.25, 0.3) is 0 Å². The maximum absolute atomic E-state index is 5.31. The summed E-state index contributed by atoms with van der Waals surface area (Å²) in [5.41, 5.74) is 2.59. The fourth-order valence-electron chi connectivity index (χ4n) is 2.46. The fourth-order valence-corrected chi connectivity index (χ4v) is 4.07. The van der Waals surface area contributed by atoms with E-state index in [2.05, 4.69) is 48.4 Å². The van der Waals surface area contributed by atoms with E-state index in [1.54, 1.807) is 6.20 Å². The summed E-state index contributed by atoms with van der Waals surface area (Å²) in [5.74, 6) is 3.26. The molecule has 4 heteroatoms. The van der Waals surface area contributed by atoms with Gasteiger partial charge in [-0.25, -0.2) is 4.98 Å². The number of rotatable bonds is 3. The zero-order valence-corrected chi connectivity index (χ0v) is 12.7. The van der Waals surface area contributed by atoms with Gasteiger partial charge in [0.2, 0.25) is 0 Å². The second kappa shape index (κ2) is 5.52. The van der Waals surface area contributed by atoms with Crippen molar-refractivity contribution in [3.8, 4) is 11.3 Å². The highest BCUT2D eigenvalue weighted by molar-refractivity contribution is 7.99. The van der Waals surface area contributed by atoms with Crippen LogP contribution in [0.1, 0.15) is 20.3 Å². The van der Waals surface area contributed by atoms with E-state index in [0.717, 1.165) is 11.3 Å². The average molecular weight is 288 g/mol. The molecule has 2 aromatic rings. The lowest BCUT2D eigenvalue weighted by Gasteiger charge is -2.39. The van der Waals surface area contributed by atoms with Crippen molar-refractivity contribution in [2.24, 2.45) is 5.41 Å². The Labute approximate surface area is 124 Å². The number of thioether (sulfide) groups is 1. The van der Waals surface area contributed by atoms with Gasteiger partial charge in [0, 0.05) is 23.0 Å². The van der Waals surface area contributed by atoms with E-state index in [0.29, 0.717) is 11.5 Å². The molecule has 1 atom stereocenters. The normalized spacial score (nSPS) is 21.6. The van der Waals surface area contributed by atoms with Crippen LogP contribution in [0.15, 0.2) is 41.3 Å². The molecule has 0 spiro atoms. The van der Waals surface area contributed by atoms with Crippen LogP contribution in [0.2, 0.25) is 0 Å². The predicted molar refractivity (Wildman–Crippen MR) is 85.1 cm³/mol. The quantitative estimate of drug-likeness (QED) is 0.914. The van der Waals surface area contributed by atoms with E-state index < -0.39 is 0 Å². The summed E-state index contributed by atoms with van der Waals surface area (Å²) in [7, 11) is 0.